The van der Waals surface area contributed by atoms with E-state index in [0.29, 0.717) is 6.42 Å². The molecule has 2 nitrogen and oxygen atoms in total. The molecule has 0 aliphatic heterocycles. The summed E-state index contributed by atoms with van der Waals surface area (Å²) in [6, 6.07) is 9.76. The predicted octanol–water partition coefficient (Wildman–Crippen LogP) is 2.73. The first-order chi connectivity index (χ1) is 7.52. The largest absolute Gasteiger partial charge is 0.321 e. The van der Waals surface area contributed by atoms with E-state index in [1.54, 1.807) is 0 Å². The van der Waals surface area contributed by atoms with Crippen molar-refractivity contribution in [2.75, 3.05) is 0 Å². The maximum atomic E-state index is 11.8. The Labute approximate surface area is 97.9 Å². The first-order valence-corrected chi connectivity index (χ1v) is 5.85. The Balaban J connectivity index is 2.58. The van der Waals surface area contributed by atoms with Crippen molar-refractivity contribution in [2.24, 2.45) is 11.7 Å². The van der Waals surface area contributed by atoms with Crippen LogP contribution in [0.5, 0.6) is 0 Å². The van der Waals surface area contributed by atoms with Gasteiger partial charge in [-0.15, -0.1) is 0 Å². The maximum Gasteiger partial charge on any atom is 0.150 e. The van der Waals surface area contributed by atoms with Crippen LogP contribution in [0.25, 0.3) is 0 Å². The van der Waals surface area contributed by atoms with Crippen molar-refractivity contribution < 1.29 is 4.79 Å². The fourth-order valence-corrected chi connectivity index (χ4v) is 1.71. The lowest BCUT2D eigenvalue weighted by molar-refractivity contribution is -0.121. The van der Waals surface area contributed by atoms with Gasteiger partial charge >= 0.3 is 0 Å². The second-order valence-electron chi connectivity index (χ2n) is 4.75. The van der Waals surface area contributed by atoms with E-state index in [0.717, 1.165) is 0 Å². The molecular formula is C14H21NO. The Morgan fingerprint density at radius 1 is 1.19 bits per heavy atom. The van der Waals surface area contributed by atoms with Gasteiger partial charge in [0.1, 0.15) is 5.78 Å². The van der Waals surface area contributed by atoms with Gasteiger partial charge in [-0.3, -0.25) is 4.79 Å². The minimum absolute atomic E-state index is 0.159. The number of ketones is 1. The summed E-state index contributed by atoms with van der Waals surface area (Å²) in [6.07, 6.45) is 0.531. The number of nitrogens with two attached hydrogens (primary N) is 1. The number of hydrogen-bond donors (Lipinski definition) is 1. The molecular weight excluding hydrogens is 198 g/mol. The second-order valence-corrected chi connectivity index (χ2v) is 4.75. The third-order valence-electron chi connectivity index (χ3n) is 2.97. The first kappa shape index (κ1) is 12.9. The van der Waals surface area contributed by atoms with Crippen LogP contribution in [-0.4, -0.2) is 11.8 Å². The highest BCUT2D eigenvalue weighted by molar-refractivity contribution is 5.84. The zero-order chi connectivity index (χ0) is 12.1. The number of hydrogen-bond acceptors (Lipinski definition) is 2. The van der Waals surface area contributed by atoms with Crippen LogP contribution in [0, 0.1) is 5.92 Å². The minimum atomic E-state index is -0.328. The standard InChI is InChI=1S/C14H21NO/c1-10(2)14(15)13(16)9-11(3)12-7-5-4-6-8-12/h4-8,10-11,14H,9,15H2,1-3H3/t11-,14+/m0/s1. The van der Waals surface area contributed by atoms with Gasteiger partial charge in [-0.05, 0) is 17.4 Å². The van der Waals surface area contributed by atoms with Gasteiger partial charge in [-0.2, -0.15) is 0 Å². The van der Waals surface area contributed by atoms with E-state index in [9.17, 15) is 4.79 Å². The van der Waals surface area contributed by atoms with E-state index >= 15 is 0 Å². The van der Waals surface area contributed by atoms with Crippen molar-refractivity contribution in [3.05, 3.63) is 35.9 Å². The number of Topliss-reactive ketones (excluding diaryl/α,β-unsaturated/α-hetero) is 1. The summed E-state index contributed by atoms with van der Waals surface area (Å²) in [6.45, 7) is 6.03. The summed E-state index contributed by atoms with van der Waals surface area (Å²) < 4.78 is 0. The van der Waals surface area contributed by atoms with Gasteiger partial charge < -0.3 is 5.73 Å². The molecule has 0 fully saturated rings. The monoisotopic (exact) mass is 219 g/mol. The molecule has 0 radical (unpaired) electrons. The number of rotatable bonds is 5. The van der Waals surface area contributed by atoms with Gasteiger partial charge in [0.25, 0.3) is 0 Å². The maximum absolute atomic E-state index is 11.8. The van der Waals surface area contributed by atoms with E-state index in [2.05, 4.69) is 19.1 Å². The van der Waals surface area contributed by atoms with E-state index in [-0.39, 0.29) is 23.7 Å². The SMILES string of the molecule is CC(C)[C@@H](N)C(=O)C[C@H](C)c1ccccc1. The number of carbonyl (C=O) groups excluding carboxylic acids is 1. The molecule has 2 atom stereocenters. The molecule has 1 aromatic carbocycles. The van der Waals surface area contributed by atoms with Crippen LogP contribution in [0.2, 0.25) is 0 Å². The molecule has 0 bridgehead atoms. The highest BCUT2D eigenvalue weighted by Gasteiger charge is 2.19. The average molecular weight is 219 g/mol. The Kier molecular flexibility index (Phi) is 4.69. The molecule has 2 N–H and O–H groups in total. The molecule has 0 unspecified atom stereocenters. The smallest absolute Gasteiger partial charge is 0.150 e. The van der Waals surface area contributed by atoms with E-state index < -0.39 is 0 Å². The molecule has 0 amide bonds. The molecule has 0 spiro atoms. The first-order valence-electron chi connectivity index (χ1n) is 5.85. The fourth-order valence-electron chi connectivity index (χ4n) is 1.71. The molecule has 0 saturated carbocycles. The molecule has 1 aromatic rings. The molecule has 0 saturated heterocycles. The summed E-state index contributed by atoms with van der Waals surface area (Å²) >= 11 is 0. The normalized spacial score (nSPS) is 14.8. The van der Waals surface area contributed by atoms with Crippen LogP contribution >= 0.6 is 0 Å². The quantitative estimate of drug-likeness (QED) is 0.827. The lowest BCUT2D eigenvalue weighted by Gasteiger charge is -2.17. The van der Waals surface area contributed by atoms with Gasteiger partial charge in [0.2, 0.25) is 0 Å². The highest BCUT2D eigenvalue weighted by atomic mass is 16.1. The van der Waals surface area contributed by atoms with Crippen LogP contribution in [0.1, 0.15) is 38.7 Å². The zero-order valence-electron chi connectivity index (χ0n) is 10.3. The Morgan fingerprint density at radius 2 is 1.75 bits per heavy atom. The predicted molar refractivity (Wildman–Crippen MR) is 67.3 cm³/mol. The molecule has 1 rings (SSSR count). The molecule has 0 aliphatic carbocycles. The topological polar surface area (TPSA) is 43.1 Å². The van der Waals surface area contributed by atoms with Crippen molar-refractivity contribution in [1.82, 2.24) is 0 Å². The van der Waals surface area contributed by atoms with Gasteiger partial charge in [-0.25, -0.2) is 0 Å². The Hall–Kier alpha value is -1.15. The van der Waals surface area contributed by atoms with E-state index in [4.69, 9.17) is 5.73 Å². The minimum Gasteiger partial charge on any atom is -0.321 e. The molecule has 0 aliphatic rings. The van der Waals surface area contributed by atoms with Gasteiger partial charge in [0, 0.05) is 6.42 Å². The lowest BCUT2D eigenvalue weighted by atomic mass is 9.90. The lowest BCUT2D eigenvalue weighted by Crippen LogP contribution is -2.36. The summed E-state index contributed by atoms with van der Waals surface area (Å²) in [4.78, 5) is 11.8. The van der Waals surface area contributed by atoms with Crippen LogP contribution in [0.15, 0.2) is 30.3 Å². The number of carbonyl (C=O) groups is 1. The van der Waals surface area contributed by atoms with E-state index in [1.165, 1.54) is 5.56 Å². The number of benzene rings is 1. The third-order valence-corrected chi connectivity index (χ3v) is 2.97. The second kappa shape index (κ2) is 5.80. The Bertz CT molecular complexity index is 332. The fraction of sp³-hybridized carbons (Fsp3) is 0.500. The van der Waals surface area contributed by atoms with Crippen molar-refractivity contribution in [2.45, 2.75) is 39.2 Å². The molecule has 0 aromatic heterocycles. The average Bonchev–Trinajstić information content (AvgIpc) is 2.28. The van der Waals surface area contributed by atoms with Crippen LogP contribution in [-0.2, 0) is 4.79 Å². The van der Waals surface area contributed by atoms with Gasteiger partial charge in [-0.1, -0.05) is 51.1 Å². The van der Waals surface area contributed by atoms with Gasteiger partial charge in [0.15, 0.2) is 0 Å². The molecule has 2 heteroatoms. The van der Waals surface area contributed by atoms with Crippen molar-refractivity contribution in [1.29, 1.82) is 0 Å². The summed E-state index contributed by atoms with van der Waals surface area (Å²) in [5.74, 6) is 0.625. The Morgan fingerprint density at radius 3 is 2.25 bits per heavy atom. The molecule has 88 valence electrons. The van der Waals surface area contributed by atoms with Crippen molar-refractivity contribution >= 4 is 5.78 Å². The highest BCUT2D eigenvalue weighted by Crippen LogP contribution is 2.20. The molecule has 16 heavy (non-hydrogen) atoms. The van der Waals surface area contributed by atoms with Crippen molar-refractivity contribution in [3.63, 3.8) is 0 Å². The summed E-state index contributed by atoms with van der Waals surface area (Å²) in [7, 11) is 0. The summed E-state index contributed by atoms with van der Waals surface area (Å²) in [5, 5.41) is 0. The third kappa shape index (κ3) is 3.46. The zero-order valence-corrected chi connectivity index (χ0v) is 10.3. The van der Waals surface area contributed by atoms with Crippen LogP contribution < -0.4 is 5.73 Å². The van der Waals surface area contributed by atoms with Crippen LogP contribution in [0.3, 0.4) is 0 Å². The van der Waals surface area contributed by atoms with E-state index in [1.807, 2.05) is 32.0 Å². The van der Waals surface area contributed by atoms with Crippen LogP contribution in [0.4, 0.5) is 0 Å². The van der Waals surface area contributed by atoms with Gasteiger partial charge in [0.05, 0.1) is 6.04 Å². The van der Waals surface area contributed by atoms with Crippen molar-refractivity contribution in [3.8, 4) is 0 Å². The summed E-state index contributed by atoms with van der Waals surface area (Å²) in [5.41, 5.74) is 7.04. The molecule has 0 heterocycles.